The van der Waals surface area contributed by atoms with Crippen molar-refractivity contribution in [2.75, 3.05) is 32.6 Å². The number of nitrogens with two attached hydrogens (primary N) is 1. The van der Waals surface area contributed by atoms with Crippen molar-refractivity contribution in [3.05, 3.63) is 23.8 Å². The van der Waals surface area contributed by atoms with E-state index in [2.05, 4.69) is 17.3 Å². The molecule has 0 aromatic heterocycles. The first-order valence-corrected chi connectivity index (χ1v) is 6.53. The molecule has 3 N–H and O–H groups in total. The fraction of sp³-hybridized carbons (Fsp3) is 0.500. The van der Waals surface area contributed by atoms with Crippen LogP contribution in [0.4, 0.5) is 5.69 Å². The van der Waals surface area contributed by atoms with Gasteiger partial charge in [-0.3, -0.25) is 4.79 Å². The predicted molar refractivity (Wildman–Crippen MR) is 75.7 cm³/mol. The van der Waals surface area contributed by atoms with E-state index < -0.39 is 5.91 Å². The highest BCUT2D eigenvalue weighted by Crippen LogP contribution is 2.27. The maximum atomic E-state index is 11.2. The Kier molecular flexibility index (Phi) is 4.27. The lowest BCUT2D eigenvalue weighted by Gasteiger charge is -2.31. The highest BCUT2D eigenvalue weighted by atomic mass is 16.5. The van der Waals surface area contributed by atoms with Gasteiger partial charge in [0, 0.05) is 18.2 Å². The molecule has 1 unspecified atom stereocenters. The lowest BCUT2D eigenvalue weighted by Crippen LogP contribution is -2.39. The summed E-state index contributed by atoms with van der Waals surface area (Å²) in [5.74, 6) is 0.310. The minimum Gasteiger partial charge on any atom is -0.495 e. The molecule has 5 heteroatoms. The number of piperidine rings is 1. The van der Waals surface area contributed by atoms with Gasteiger partial charge in [-0.05, 0) is 44.6 Å². The van der Waals surface area contributed by atoms with Gasteiger partial charge < -0.3 is 20.7 Å². The van der Waals surface area contributed by atoms with Crippen molar-refractivity contribution in [3.63, 3.8) is 0 Å². The topological polar surface area (TPSA) is 67.6 Å². The van der Waals surface area contributed by atoms with Gasteiger partial charge in [-0.25, -0.2) is 0 Å². The normalized spacial score (nSPS) is 20.0. The first-order valence-electron chi connectivity index (χ1n) is 6.53. The zero-order chi connectivity index (χ0) is 13.8. The maximum Gasteiger partial charge on any atom is 0.248 e. The number of methoxy groups -OCH3 is 1. The Balaban J connectivity index is 2.17. The van der Waals surface area contributed by atoms with Gasteiger partial charge in [-0.1, -0.05) is 0 Å². The largest absolute Gasteiger partial charge is 0.495 e. The van der Waals surface area contributed by atoms with E-state index >= 15 is 0 Å². The zero-order valence-electron chi connectivity index (χ0n) is 11.5. The van der Waals surface area contributed by atoms with Gasteiger partial charge in [-0.15, -0.1) is 0 Å². The number of hydrogen-bond acceptors (Lipinski definition) is 4. The Bertz CT molecular complexity index is 462. The molecule has 0 radical (unpaired) electrons. The summed E-state index contributed by atoms with van der Waals surface area (Å²) in [4.78, 5) is 13.5. The second-order valence-electron chi connectivity index (χ2n) is 5.03. The van der Waals surface area contributed by atoms with E-state index in [9.17, 15) is 4.79 Å². The summed E-state index contributed by atoms with van der Waals surface area (Å²) in [5.41, 5.74) is 6.64. The van der Waals surface area contributed by atoms with Crippen LogP contribution in [-0.2, 0) is 0 Å². The van der Waals surface area contributed by atoms with Crippen LogP contribution in [0.2, 0.25) is 0 Å². The molecule has 0 aliphatic carbocycles. The number of nitrogens with zero attached hydrogens (tertiary/aromatic N) is 1. The minimum absolute atomic E-state index is 0.371. The summed E-state index contributed by atoms with van der Waals surface area (Å²) >= 11 is 0. The molecule has 1 heterocycles. The fourth-order valence-corrected chi connectivity index (χ4v) is 2.48. The van der Waals surface area contributed by atoms with Crippen molar-refractivity contribution in [1.82, 2.24) is 4.90 Å². The predicted octanol–water partition coefficient (Wildman–Crippen LogP) is 1.30. The number of benzene rings is 1. The number of rotatable bonds is 4. The lowest BCUT2D eigenvalue weighted by molar-refractivity contribution is 0.100. The van der Waals surface area contributed by atoms with Crippen molar-refractivity contribution < 1.29 is 9.53 Å². The van der Waals surface area contributed by atoms with Crippen LogP contribution >= 0.6 is 0 Å². The summed E-state index contributed by atoms with van der Waals surface area (Å²) in [6.07, 6.45) is 2.29. The molecule has 1 fully saturated rings. The quantitative estimate of drug-likeness (QED) is 0.859. The molecular formula is C14H21N3O2. The molecule has 1 saturated heterocycles. The number of carbonyl (C=O) groups is 1. The van der Waals surface area contributed by atoms with Crippen LogP contribution in [0.1, 0.15) is 23.2 Å². The monoisotopic (exact) mass is 263 g/mol. The average Bonchev–Trinajstić information content (AvgIpc) is 2.38. The summed E-state index contributed by atoms with van der Waals surface area (Å²) in [6.45, 7) is 2.13. The summed E-state index contributed by atoms with van der Waals surface area (Å²) in [7, 11) is 3.74. The van der Waals surface area contributed by atoms with Crippen molar-refractivity contribution in [1.29, 1.82) is 0 Å². The third-order valence-corrected chi connectivity index (χ3v) is 3.47. The molecule has 0 bridgehead atoms. The van der Waals surface area contributed by atoms with Gasteiger partial charge in [0.2, 0.25) is 5.91 Å². The minimum atomic E-state index is -0.425. The van der Waals surface area contributed by atoms with E-state index in [0.717, 1.165) is 30.9 Å². The van der Waals surface area contributed by atoms with E-state index in [1.807, 2.05) is 0 Å². The Morgan fingerprint density at radius 3 is 2.95 bits per heavy atom. The van der Waals surface area contributed by atoms with E-state index in [1.54, 1.807) is 25.3 Å². The highest BCUT2D eigenvalue weighted by Gasteiger charge is 2.18. The first-order chi connectivity index (χ1) is 9.10. The van der Waals surface area contributed by atoms with Gasteiger partial charge in [-0.2, -0.15) is 0 Å². The van der Waals surface area contributed by atoms with E-state index in [0.29, 0.717) is 11.6 Å². The molecule has 1 aliphatic rings. The van der Waals surface area contributed by atoms with Gasteiger partial charge in [0.15, 0.2) is 0 Å². The number of anilines is 1. The summed E-state index contributed by atoms with van der Waals surface area (Å²) < 4.78 is 5.32. The number of likely N-dealkylation sites (N-methyl/N-ethyl adjacent to an activating group) is 1. The van der Waals surface area contributed by atoms with Crippen LogP contribution in [0.5, 0.6) is 5.75 Å². The molecule has 0 spiro atoms. The standard InChI is InChI=1S/C14H21N3O2/c1-17-7-3-4-11(9-17)16-12-8-10(14(15)18)5-6-13(12)19-2/h5-6,8,11,16H,3-4,7,9H2,1-2H3,(H2,15,18). The molecule has 5 nitrogen and oxygen atoms in total. The third kappa shape index (κ3) is 3.38. The number of hydrogen-bond donors (Lipinski definition) is 2. The number of primary amides is 1. The number of amides is 1. The van der Waals surface area contributed by atoms with Crippen molar-refractivity contribution in [2.45, 2.75) is 18.9 Å². The van der Waals surface area contributed by atoms with Crippen molar-refractivity contribution in [3.8, 4) is 5.75 Å². The third-order valence-electron chi connectivity index (χ3n) is 3.47. The second kappa shape index (κ2) is 5.93. The zero-order valence-corrected chi connectivity index (χ0v) is 11.5. The molecule has 1 aliphatic heterocycles. The number of carbonyl (C=O) groups excluding carboxylic acids is 1. The summed E-state index contributed by atoms with van der Waals surface area (Å²) in [5, 5.41) is 3.45. The first kappa shape index (κ1) is 13.7. The average molecular weight is 263 g/mol. The smallest absolute Gasteiger partial charge is 0.248 e. The van der Waals surface area contributed by atoms with Crippen molar-refractivity contribution in [2.24, 2.45) is 5.73 Å². The highest BCUT2D eigenvalue weighted by molar-refractivity contribution is 5.94. The Morgan fingerprint density at radius 2 is 2.32 bits per heavy atom. The number of nitrogens with one attached hydrogen (secondary N) is 1. The van der Waals surface area contributed by atoms with Crippen LogP contribution in [0.3, 0.4) is 0 Å². The van der Waals surface area contributed by atoms with E-state index in [-0.39, 0.29) is 0 Å². The molecular weight excluding hydrogens is 242 g/mol. The molecule has 2 rings (SSSR count). The fourth-order valence-electron chi connectivity index (χ4n) is 2.48. The lowest BCUT2D eigenvalue weighted by atomic mass is 10.1. The Hall–Kier alpha value is -1.75. The SMILES string of the molecule is COc1ccc(C(N)=O)cc1NC1CCCN(C)C1. The number of likely N-dealkylation sites (tertiary alicyclic amines) is 1. The molecule has 1 aromatic carbocycles. The van der Waals surface area contributed by atoms with E-state index in [4.69, 9.17) is 10.5 Å². The number of ether oxygens (including phenoxy) is 1. The Labute approximate surface area is 113 Å². The van der Waals surface area contributed by atoms with Crippen LogP contribution in [0.25, 0.3) is 0 Å². The van der Waals surface area contributed by atoms with E-state index in [1.165, 1.54) is 6.42 Å². The van der Waals surface area contributed by atoms with Crippen LogP contribution < -0.4 is 15.8 Å². The van der Waals surface area contributed by atoms with Gasteiger partial charge in [0.1, 0.15) is 5.75 Å². The van der Waals surface area contributed by atoms with Gasteiger partial charge in [0.05, 0.1) is 12.8 Å². The second-order valence-corrected chi connectivity index (χ2v) is 5.03. The molecule has 19 heavy (non-hydrogen) atoms. The molecule has 1 atom stereocenters. The molecule has 1 amide bonds. The molecule has 1 aromatic rings. The van der Waals surface area contributed by atoms with Crippen molar-refractivity contribution >= 4 is 11.6 Å². The molecule has 0 saturated carbocycles. The van der Waals surface area contributed by atoms with Gasteiger partial charge in [0.25, 0.3) is 0 Å². The maximum absolute atomic E-state index is 11.2. The van der Waals surface area contributed by atoms with Crippen LogP contribution in [0.15, 0.2) is 18.2 Å². The van der Waals surface area contributed by atoms with Crippen LogP contribution in [0, 0.1) is 0 Å². The van der Waals surface area contributed by atoms with Gasteiger partial charge >= 0.3 is 0 Å². The van der Waals surface area contributed by atoms with Crippen LogP contribution in [-0.4, -0.2) is 44.1 Å². The molecule has 104 valence electrons. The Morgan fingerprint density at radius 1 is 1.53 bits per heavy atom. The summed E-state index contributed by atoms with van der Waals surface area (Å²) in [6, 6.07) is 5.58.